The molecule has 0 saturated carbocycles. The van der Waals surface area contributed by atoms with Gasteiger partial charge in [-0.15, -0.1) is 0 Å². The Bertz CT molecular complexity index is 949. The lowest BCUT2D eigenvalue weighted by atomic mass is 10.0. The zero-order valence-electron chi connectivity index (χ0n) is 15.7. The predicted molar refractivity (Wildman–Crippen MR) is 100 cm³/mol. The zero-order valence-corrected chi connectivity index (χ0v) is 15.7. The molecule has 148 valence electrons. The van der Waals surface area contributed by atoms with Gasteiger partial charge in [0.15, 0.2) is 0 Å². The number of hydrogen-bond acceptors (Lipinski definition) is 3. The van der Waals surface area contributed by atoms with Crippen molar-refractivity contribution in [1.29, 1.82) is 0 Å². The number of rotatable bonds is 2. The fraction of sp³-hybridized carbons (Fsp3) is 0.476. The minimum absolute atomic E-state index is 0.0665. The third-order valence-corrected chi connectivity index (χ3v) is 5.74. The Morgan fingerprint density at radius 1 is 1.04 bits per heavy atom. The standard InChI is InChI=1S/C21H23F2N3O2/c22-15-6-7-17(18(23)13-15)21(28)25-10-8-16(9-11-25)26-20(27)12-14-4-2-1-3-5-19(14)24-26/h6-7,12-13,16H,1-5,8-11H2. The normalized spacial score (nSPS) is 17.9. The highest BCUT2D eigenvalue weighted by molar-refractivity contribution is 5.94. The van der Waals surface area contributed by atoms with Gasteiger partial charge in [-0.1, -0.05) is 6.42 Å². The van der Waals surface area contributed by atoms with Crippen LogP contribution in [0.5, 0.6) is 0 Å². The average molecular weight is 387 g/mol. The third-order valence-electron chi connectivity index (χ3n) is 5.74. The predicted octanol–water partition coefficient (Wildman–Crippen LogP) is 3.27. The molecule has 2 aromatic rings. The number of hydrogen-bond donors (Lipinski definition) is 0. The van der Waals surface area contributed by atoms with E-state index < -0.39 is 17.5 Å². The van der Waals surface area contributed by atoms with Crippen LogP contribution >= 0.6 is 0 Å². The van der Waals surface area contributed by atoms with Gasteiger partial charge in [0.25, 0.3) is 11.5 Å². The topological polar surface area (TPSA) is 55.2 Å². The number of aryl methyl sites for hydroxylation is 2. The number of aromatic nitrogens is 2. The van der Waals surface area contributed by atoms with E-state index in [1.165, 1.54) is 6.07 Å². The number of benzene rings is 1. The summed E-state index contributed by atoms with van der Waals surface area (Å²) >= 11 is 0. The van der Waals surface area contributed by atoms with Gasteiger partial charge in [-0.2, -0.15) is 5.10 Å². The number of likely N-dealkylation sites (tertiary alicyclic amines) is 1. The largest absolute Gasteiger partial charge is 0.338 e. The fourth-order valence-electron chi connectivity index (χ4n) is 4.16. The number of carbonyl (C=O) groups excluding carboxylic acids is 1. The first-order valence-corrected chi connectivity index (χ1v) is 9.89. The highest BCUT2D eigenvalue weighted by Crippen LogP contribution is 2.24. The second-order valence-corrected chi connectivity index (χ2v) is 7.61. The molecule has 0 N–H and O–H groups in total. The highest BCUT2D eigenvalue weighted by Gasteiger charge is 2.27. The second-order valence-electron chi connectivity index (χ2n) is 7.61. The molecule has 1 amide bonds. The minimum atomic E-state index is -0.851. The van der Waals surface area contributed by atoms with Crippen LogP contribution in [-0.4, -0.2) is 33.7 Å². The van der Waals surface area contributed by atoms with Crippen LogP contribution in [0.25, 0.3) is 0 Å². The van der Waals surface area contributed by atoms with E-state index >= 15 is 0 Å². The summed E-state index contributed by atoms with van der Waals surface area (Å²) in [5.41, 5.74) is 1.87. The Morgan fingerprint density at radius 3 is 2.54 bits per heavy atom. The molecule has 1 aromatic carbocycles. The monoisotopic (exact) mass is 387 g/mol. The van der Waals surface area contributed by atoms with Crippen molar-refractivity contribution in [3.8, 4) is 0 Å². The Balaban J connectivity index is 1.48. The molecule has 0 spiro atoms. The lowest BCUT2D eigenvalue weighted by Gasteiger charge is -2.32. The number of carbonyl (C=O) groups is 1. The highest BCUT2D eigenvalue weighted by atomic mass is 19.1. The van der Waals surface area contributed by atoms with Crippen LogP contribution in [0.4, 0.5) is 8.78 Å². The van der Waals surface area contributed by atoms with Crippen LogP contribution in [0.3, 0.4) is 0 Å². The maximum atomic E-state index is 13.9. The van der Waals surface area contributed by atoms with Gasteiger partial charge in [0, 0.05) is 25.2 Å². The van der Waals surface area contributed by atoms with Gasteiger partial charge in [-0.05, 0) is 56.2 Å². The Kier molecular flexibility index (Phi) is 5.24. The Labute approximate surface area is 162 Å². The number of amides is 1. The number of fused-ring (bicyclic) bond motifs is 1. The molecule has 0 radical (unpaired) electrons. The molecule has 0 unspecified atom stereocenters. The molecule has 2 aliphatic rings. The number of nitrogens with zero attached hydrogens (tertiary/aromatic N) is 3. The van der Waals surface area contributed by atoms with Crippen molar-refractivity contribution in [2.45, 2.75) is 51.0 Å². The molecule has 0 bridgehead atoms. The van der Waals surface area contributed by atoms with E-state index in [1.807, 2.05) is 0 Å². The van der Waals surface area contributed by atoms with E-state index in [9.17, 15) is 18.4 Å². The SMILES string of the molecule is O=C(c1ccc(F)cc1F)N1CCC(n2nc3c(cc2=O)CCCCC3)CC1. The van der Waals surface area contributed by atoms with Crippen LogP contribution in [0, 0.1) is 11.6 Å². The molecular weight excluding hydrogens is 364 g/mol. The zero-order chi connectivity index (χ0) is 19.7. The van der Waals surface area contributed by atoms with Gasteiger partial charge in [-0.3, -0.25) is 9.59 Å². The summed E-state index contributed by atoms with van der Waals surface area (Å²) in [6, 6.07) is 4.64. The summed E-state index contributed by atoms with van der Waals surface area (Å²) in [6.45, 7) is 0.817. The van der Waals surface area contributed by atoms with E-state index in [2.05, 4.69) is 5.10 Å². The van der Waals surface area contributed by atoms with Gasteiger partial charge >= 0.3 is 0 Å². The van der Waals surface area contributed by atoms with Crippen molar-refractivity contribution >= 4 is 5.91 Å². The number of piperidine rings is 1. The molecule has 5 nitrogen and oxygen atoms in total. The average Bonchev–Trinajstić information content (AvgIpc) is 2.92. The van der Waals surface area contributed by atoms with Crippen LogP contribution < -0.4 is 5.56 Å². The maximum absolute atomic E-state index is 13.9. The molecule has 1 aliphatic heterocycles. The van der Waals surface area contributed by atoms with E-state index in [1.54, 1.807) is 15.6 Å². The van der Waals surface area contributed by atoms with Crippen molar-refractivity contribution in [1.82, 2.24) is 14.7 Å². The van der Waals surface area contributed by atoms with Gasteiger partial charge in [-0.25, -0.2) is 13.5 Å². The fourth-order valence-corrected chi connectivity index (χ4v) is 4.16. The molecule has 7 heteroatoms. The maximum Gasteiger partial charge on any atom is 0.267 e. The molecule has 1 saturated heterocycles. The minimum Gasteiger partial charge on any atom is -0.338 e. The molecule has 4 rings (SSSR count). The summed E-state index contributed by atoms with van der Waals surface area (Å²) in [5.74, 6) is -2.00. The van der Waals surface area contributed by atoms with Crippen LogP contribution in [0.2, 0.25) is 0 Å². The molecule has 28 heavy (non-hydrogen) atoms. The molecule has 2 heterocycles. The van der Waals surface area contributed by atoms with E-state index in [0.29, 0.717) is 25.9 Å². The summed E-state index contributed by atoms with van der Waals surface area (Å²) in [7, 11) is 0. The lowest BCUT2D eigenvalue weighted by molar-refractivity contribution is 0.0683. The summed E-state index contributed by atoms with van der Waals surface area (Å²) < 4.78 is 28.5. The molecular formula is C21H23F2N3O2. The first-order chi connectivity index (χ1) is 13.5. The second kappa shape index (κ2) is 7.81. The smallest absolute Gasteiger partial charge is 0.267 e. The lowest BCUT2D eigenvalue weighted by Crippen LogP contribution is -2.42. The van der Waals surface area contributed by atoms with Crippen molar-refractivity contribution in [3.63, 3.8) is 0 Å². The van der Waals surface area contributed by atoms with Crippen LogP contribution in [-0.2, 0) is 12.8 Å². The summed E-state index contributed by atoms with van der Waals surface area (Å²) in [5, 5.41) is 4.65. The van der Waals surface area contributed by atoms with Crippen molar-refractivity contribution in [2.24, 2.45) is 0 Å². The first-order valence-electron chi connectivity index (χ1n) is 9.89. The van der Waals surface area contributed by atoms with Crippen molar-refractivity contribution < 1.29 is 13.6 Å². The first kappa shape index (κ1) is 18.8. The molecule has 0 atom stereocenters. The summed E-state index contributed by atoms with van der Waals surface area (Å²) in [4.78, 5) is 26.7. The van der Waals surface area contributed by atoms with Crippen molar-refractivity contribution in [3.05, 3.63) is 63.1 Å². The molecule has 1 aliphatic carbocycles. The van der Waals surface area contributed by atoms with Crippen LogP contribution in [0.15, 0.2) is 29.1 Å². The third kappa shape index (κ3) is 3.70. The summed E-state index contributed by atoms with van der Waals surface area (Å²) in [6.07, 6.45) is 6.32. The van der Waals surface area contributed by atoms with Gasteiger partial charge < -0.3 is 4.90 Å². The van der Waals surface area contributed by atoms with E-state index in [0.717, 1.165) is 55.5 Å². The molecule has 1 aromatic heterocycles. The molecule has 1 fully saturated rings. The van der Waals surface area contributed by atoms with Crippen molar-refractivity contribution in [2.75, 3.05) is 13.1 Å². The van der Waals surface area contributed by atoms with E-state index in [-0.39, 0.29) is 17.2 Å². The van der Waals surface area contributed by atoms with Gasteiger partial charge in [0.05, 0.1) is 17.3 Å². The van der Waals surface area contributed by atoms with Gasteiger partial charge in [0.2, 0.25) is 0 Å². The van der Waals surface area contributed by atoms with E-state index in [4.69, 9.17) is 0 Å². The Morgan fingerprint density at radius 2 is 1.79 bits per heavy atom. The number of halogens is 2. The quantitative estimate of drug-likeness (QED) is 0.744. The van der Waals surface area contributed by atoms with Gasteiger partial charge in [0.1, 0.15) is 11.6 Å². The Hall–Kier alpha value is -2.57. The van der Waals surface area contributed by atoms with Crippen LogP contribution in [0.1, 0.15) is 59.8 Å².